The van der Waals surface area contributed by atoms with Gasteiger partial charge in [-0.25, -0.2) is 5.43 Å². The van der Waals surface area contributed by atoms with E-state index in [1.54, 1.807) is 38.6 Å². The molecule has 2 aliphatic rings. The molecule has 85 heavy (non-hydrogen) atoms. The van der Waals surface area contributed by atoms with Crippen LogP contribution in [0.1, 0.15) is 277 Å². The highest BCUT2D eigenvalue weighted by Gasteiger charge is 2.40. The predicted octanol–water partition coefficient (Wildman–Crippen LogP) is 16.4. The number of carbonyl (C=O) groups excluding carboxylic acids is 3. The molecule has 2 aliphatic heterocycles. The molecule has 2 unspecified atom stereocenters. The van der Waals surface area contributed by atoms with Crippen LogP contribution in [-0.4, -0.2) is 132 Å². The van der Waals surface area contributed by atoms with Gasteiger partial charge in [-0.15, -0.1) is 0 Å². The number of benzene rings is 1. The third-order valence-corrected chi connectivity index (χ3v) is 19.2. The van der Waals surface area contributed by atoms with E-state index in [9.17, 15) is 24.6 Å². The molecule has 2 heterocycles. The second-order valence-electron chi connectivity index (χ2n) is 24.5. The van der Waals surface area contributed by atoms with Crippen molar-refractivity contribution in [3.63, 3.8) is 0 Å². The quantitative estimate of drug-likeness (QED) is 0.0161. The number of unbranched alkanes of at least 4 members (excludes halogenated alkanes) is 27. The number of nitrogens with one attached hydrogen (secondary N) is 2. The molecular formula is C70H123N5O8S2. The molecule has 0 saturated carbocycles. The number of hydrazone groups is 1. The molecule has 3 amide bonds. The second kappa shape index (κ2) is 51.9. The largest absolute Gasteiger partial charge is 0.484 e. The maximum Gasteiger partial charge on any atom is 0.257 e. The van der Waals surface area contributed by atoms with Gasteiger partial charge in [0.05, 0.1) is 37.2 Å². The van der Waals surface area contributed by atoms with Crippen LogP contribution < -0.4 is 15.5 Å². The molecule has 4 atom stereocenters. The molecule has 488 valence electrons. The van der Waals surface area contributed by atoms with E-state index in [1.165, 1.54) is 173 Å². The minimum atomic E-state index is -0.564. The zero-order chi connectivity index (χ0) is 61.1. The van der Waals surface area contributed by atoms with Gasteiger partial charge in [-0.05, 0) is 127 Å². The van der Waals surface area contributed by atoms with Crippen molar-refractivity contribution < 1.29 is 38.8 Å². The molecule has 13 nitrogen and oxygen atoms in total. The summed E-state index contributed by atoms with van der Waals surface area (Å²) in [7, 11) is 5.43. The van der Waals surface area contributed by atoms with Crippen molar-refractivity contribution in [1.82, 2.24) is 20.5 Å². The molecule has 15 heteroatoms. The molecule has 0 radical (unpaired) electrons. The Morgan fingerprint density at radius 3 is 1.87 bits per heavy atom. The lowest BCUT2D eigenvalue weighted by molar-refractivity contribution is -0.180. The van der Waals surface area contributed by atoms with Gasteiger partial charge in [-0.3, -0.25) is 14.4 Å². The van der Waals surface area contributed by atoms with E-state index in [1.807, 2.05) is 19.1 Å². The minimum Gasteiger partial charge on any atom is -0.484 e. The first kappa shape index (κ1) is 76.3. The number of aliphatic hydroxyl groups excluding tert-OH is 2. The number of carbonyl (C=O) groups is 3. The first-order valence-corrected chi connectivity index (χ1v) is 37.0. The Morgan fingerprint density at radius 2 is 1.25 bits per heavy atom. The van der Waals surface area contributed by atoms with Crippen LogP contribution in [-0.2, 0) is 23.9 Å². The van der Waals surface area contributed by atoms with Gasteiger partial charge in [0.1, 0.15) is 5.75 Å². The van der Waals surface area contributed by atoms with Gasteiger partial charge >= 0.3 is 0 Å². The summed E-state index contributed by atoms with van der Waals surface area (Å²) in [6.07, 6.45) is 55.4. The molecule has 0 aliphatic carbocycles. The average Bonchev–Trinajstić information content (AvgIpc) is 3.88. The summed E-state index contributed by atoms with van der Waals surface area (Å²) in [5, 5.41) is 26.5. The minimum absolute atomic E-state index is 0.0356. The Morgan fingerprint density at radius 1 is 0.694 bits per heavy atom. The molecule has 0 bridgehead atoms. The zero-order valence-corrected chi connectivity index (χ0v) is 55.9. The van der Waals surface area contributed by atoms with Gasteiger partial charge in [-0.2, -0.15) is 5.10 Å². The molecule has 3 rings (SSSR count). The van der Waals surface area contributed by atoms with Crippen LogP contribution in [0.3, 0.4) is 0 Å². The van der Waals surface area contributed by atoms with Crippen LogP contribution in [0.5, 0.6) is 5.75 Å². The predicted molar refractivity (Wildman–Crippen MR) is 360 cm³/mol. The summed E-state index contributed by atoms with van der Waals surface area (Å²) in [5.74, 6) is 1.23. The number of hydrogen-bond donors (Lipinski definition) is 4. The van der Waals surface area contributed by atoms with Crippen molar-refractivity contribution >= 4 is 45.0 Å². The van der Waals surface area contributed by atoms with E-state index >= 15 is 0 Å². The molecule has 4 N–H and O–H groups in total. The fraction of sp³-hybridized carbons (Fsp3) is 0.800. The van der Waals surface area contributed by atoms with Gasteiger partial charge in [-0.1, -0.05) is 207 Å². The average molecular weight is 1230 g/mol. The van der Waals surface area contributed by atoms with Crippen LogP contribution >= 0.6 is 21.6 Å². The molecule has 2 saturated heterocycles. The van der Waals surface area contributed by atoms with E-state index in [4.69, 9.17) is 14.2 Å². The number of allylic oxidation sites excluding steroid dienone is 4. The van der Waals surface area contributed by atoms with Gasteiger partial charge in [0, 0.05) is 56.8 Å². The van der Waals surface area contributed by atoms with Crippen LogP contribution in [0.15, 0.2) is 53.7 Å². The van der Waals surface area contributed by atoms with Crippen molar-refractivity contribution in [3.05, 3.63) is 54.1 Å². The smallest absolute Gasteiger partial charge is 0.257 e. The summed E-state index contributed by atoms with van der Waals surface area (Å²) in [6.45, 7) is 9.91. The third-order valence-electron chi connectivity index (χ3n) is 16.7. The Hall–Kier alpha value is -2.92. The third kappa shape index (κ3) is 39.7. The van der Waals surface area contributed by atoms with Gasteiger partial charge < -0.3 is 39.5 Å². The highest BCUT2D eigenvalue weighted by molar-refractivity contribution is 8.76. The van der Waals surface area contributed by atoms with Gasteiger partial charge in [0.2, 0.25) is 11.8 Å². The molecule has 1 aromatic carbocycles. The van der Waals surface area contributed by atoms with E-state index in [-0.39, 0.29) is 49.6 Å². The standard InChI is InChI=1S/C70H123N5O8S2/c1-5-7-9-11-13-15-17-19-21-23-25-27-29-31-33-37-49-70(50-38-34-32-30-28-26-24-22-20-18-16-14-12-10-8-6-2)82-59-66(83-70)47-53-74(4)52-40-36-35-39-51-71-68(79)60-81-65-45-43-62(44-46-65)61(3)72-73-67(78)48-55-85-84-54-41-42-69(80)75-57-64(77)56-63(75)58-76/h13,15,19,21,43-46,63-64,66,76-77H,5-12,14,16-18,20,22-42,47-60H2,1-4H3,(H,71,79)(H,73,78)/t63-,64+,66?,70?/m0/s1. The molecule has 2 fully saturated rings. The Balaban J connectivity index is 1.22. The van der Waals surface area contributed by atoms with E-state index in [2.05, 4.69) is 65.9 Å². The molecule has 0 spiro atoms. The normalized spacial score (nSPS) is 18.2. The monoisotopic (exact) mass is 1230 g/mol. The molecule has 0 aromatic heterocycles. The first-order valence-electron chi connectivity index (χ1n) is 34.5. The number of β-amino-alcohol motifs (C(OH)–C–C–N with tert-alkyl or cyclic N) is 1. The van der Waals surface area contributed by atoms with Crippen LogP contribution in [0.2, 0.25) is 0 Å². The first-order chi connectivity index (χ1) is 41.6. The van der Waals surface area contributed by atoms with E-state index in [0.29, 0.717) is 49.4 Å². The number of aliphatic hydroxyl groups is 2. The summed E-state index contributed by atoms with van der Waals surface area (Å²) in [5.41, 5.74) is 4.12. The Bertz CT molecular complexity index is 1910. The fourth-order valence-electron chi connectivity index (χ4n) is 11.3. The lowest BCUT2D eigenvalue weighted by Gasteiger charge is -2.29. The van der Waals surface area contributed by atoms with E-state index in [0.717, 1.165) is 82.4 Å². The number of amides is 3. The highest BCUT2D eigenvalue weighted by Crippen LogP contribution is 2.36. The highest BCUT2D eigenvalue weighted by atomic mass is 33.1. The van der Waals surface area contributed by atoms with Crippen molar-refractivity contribution in [2.24, 2.45) is 5.10 Å². The lowest BCUT2D eigenvalue weighted by Crippen LogP contribution is -2.37. The number of hydrogen-bond acceptors (Lipinski definition) is 12. The summed E-state index contributed by atoms with van der Waals surface area (Å²) >= 11 is 0. The molecular weight excluding hydrogens is 1100 g/mol. The number of likely N-dealkylation sites (tertiary alicyclic amines) is 1. The summed E-state index contributed by atoms with van der Waals surface area (Å²) < 4.78 is 19.3. The van der Waals surface area contributed by atoms with Crippen molar-refractivity contribution in [2.45, 2.75) is 295 Å². The van der Waals surface area contributed by atoms with Gasteiger partial charge in [0.15, 0.2) is 12.4 Å². The van der Waals surface area contributed by atoms with E-state index < -0.39 is 11.9 Å². The molecule has 1 aromatic rings. The topological polar surface area (TPSA) is 162 Å². The van der Waals surface area contributed by atoms with Crippen molar-refractivity contribution in [3.8, 4) is 5.75 Å². The van der Waals surface area contributed by atoms with Crippen LogP contribution in [0, 0.1) is 0 Å². The zero-order valence-electron chi connectivity index (χ0n) is 54.3. The summed E-state index contributed by atoms with van der Waals surface area (Å²) in [4.78, 5) is 41.5. The van der Waals surface area contributed by atoms with Crippen molar-refractivity contribution in [1.29, 1.82) is 0 Å². The van der Waals surface area contributed by atoms with Crippen molar-refractivity contribution in [2.75, 3.05) is 64.6 Å². The number of nitrogens with zero attached hydrogens (tertiary/aromatic N) is 3. The maximum atomic E-state index is 12.6. The number of rotatable bonds is 56. The summed E-state index contributed by atoms with van der Waals surface area (Å²) in [6, 6.07) is 7.02. The number of ether oxygens (including phenoxy) is 3. The lowest BCUT2D eigenvalue weighted by atomic mass is 9.98. The SMILES string of the molecule is CCCCCC=CCC=CCCCCCCCCC1(CCCCCCCCCCCCCCCCCC)OCC(CCN(C)CCCCCCNC(=O)COc2ccc(C(C)=NNC(=O)CCSSCCCC(=O)N3C[C@H](O)C[C@H]3CO)cc2)O1. The Kier molecular flexibility index (Phi) is 46.6. The second-order valence-corrected chi connectivity index (χ2v) is 27.2. The van der Waals surface area contributed by atoms with Crippen LogP contribution in [0.4, 0.5) is 0 Å². The Labute approximate surface area is 526 Å². The van der Waals surface area contributed by atoms with Gasteiger partial charge in [0.25, 0.3) is 5.91 Å². The van der Waals surface area contributed by atoms with Crippen LogP contribution in [0.25, 0.3) is 0 Å². The maximum absolute atomic E-state index is 12.6. The fourth-order valence-corrected chi connectivity index (χ4v) is 13.4.